The van der Waals surface area contributed by atoms with Crippen LogP contribution < -0.4 is 4.74 Å². The van der Waals surface area contributed by atoms with Crippen molar-refractivity contribution in [3.05, 3.63) is 29.8 Å². The SMILES string of the molecule is CCCN(CCC)CCOc1ccc(C2CN(C(=O)N3COCC3(C)C)C=N2)cc1. The van der Waals surface area contributed by atoms with Crippen LogP contribution in [0, 0.1) is 0 Å². The lowest BCUT2D eigenvalue weighted by atomic mass is 10.1. The lowest BCUT2D eigenvalue weighted by molar-refractivity contribution is 0.126. The lowest BCUT2D eigenvalue weighted by Gasteiger charge is -2.31. The summed E-state index contributed by atoms with van der Waals surface area (Å²) in [6, 6.07) is 7.99. The molecule has 0 radical (unpaired) electrons. The number of hydrogen-bond donors (Lipinski definition) is 0. The minimum atomic E-state index is -0.286. The molecule has 30 heavy (non-hydrogen) atoms. The van der Waals surface area contributed by atoms with Gasteiger partial charge >= 0.3 is 6.03 Å². The van der Waals surface area contributed by atoms with Crippen molar-refractivity contribution in [1.82, 2.24) is 14.7 Å². The van der Waals surface area contributed by atoms with Crippen LogP contribution in [0.15, 0.2) is 29.3 Å². The minimum absolute atomic E-state index is 0.0424. The molecule has 0 N–H and O–H groups in total. The first-order chi connectivity index (χ1) is 14.4. The maximum Gasteiger partial charge on any atom is 0.327 e. The number of benzene rings is 1. The Labute approximate surface area is 180 Å². The topological polar surface area (TPSA) is 57.6 Å². The molecule has 0 aliphatic carbocycles. The molecule has 3 rings (SSSR count). The van der Waals surface area contributed by atoms with Gasteiger partial charge in [0.15, 0.2) is 0 Å². The van der Waals surface area contributed by atoms with E-state index in [1.165, 1.54) is 12.8 Å². The van der Waals surface area contributed by atoms with E-state index in [0.29, 0.717) is 26.5 Å². The second kappa shape index (κ2) is 10.3. The highest BCUT2D eigenvalue weighted by Crippen LogP contribution is 2.28. The van der Waals surface area contributed by atoms with Gasteiger partial charge in [-0.15, -0.1) is 0 Å². The largest absolute Gasteiger partial charge is 0.492 e. The van der Waals surface area contributed by atoms with Crippen molar-refractivity contribution in [2.45, 2.75) is 52.1 Å². The summed E-state index contributed by atoms with van der Waals surface area (Å²) in [6.07, 6.45) is 3.98. The molecule has 1 aromatic rings. The maximum absolute atomic E-state index is 12.8. The third-order valence-corrected chi connectivity index (χ3v) is 5.66. The number of amides is 2. The summed E-state index contributed by atoms with van der Waals surface area (Å²) in [5, 5.41) is 0. The summed E-state index contributed by atoms with van der Waals surface area (Å²) >= 11 is 0. The summed E-state index contributed by atoms with van der Waals surface area (Å²) in [4.78, 5) is 23.3. The molecule has 2 aliphatic heterocycles. The molecule has 0 saturated carbocycles. The molecule has 166 valence electrons. The van der Waals surface area contributed by atoms with Crippen molar-refractivity contribution >= 4 is 12.4 Å². The van der Waals surface area contributed by atoms with Gasteiger partial charge in [0, 0.05) is 6.54 Å². The van der Waals surface area contributed by atoms with Gasteiger partial charge in [-0.25, -0.2) is 4.79 Å². The lowest BCUT2D eigenvalue weighted by Crippen LogP contribution is -2.50. The molecule has 2 amide bonds. The highest BCUT2D eigenvalue weighted by Gasteiger charge is 2.39. The first-order valence-corrected chi connectivity index (χ1v) is 11.1. The highest BCUT2D eigenvalue weighted by molar-refractivity contribution is 5.88. The van der Waals surface area contributed by atoms with Crippen LogP contribution in [0.3, 0.4) is 0 Å². The Balaban J connectivity index is 1.49. The normalized spacial score (nSPS) is 20.4. The van der Waals surface area contributed by atoms with E-state index in [0.717, 1.165) is 30.9 Å². The maximum atomic E-state index is 12.8. The Hall–Kier alpha value is -2.12. The van der Waals surface area contributed by atoms with Gasteiger partial charge in [0.05, 0.1) is 31.1 Å². The van der Waals surface area contributed by atoms with E-state index in [-0.39, 0.29) is 17.6 Å². The monoisotopic (exact) mass is 416 g/mol. The van der Waals surface area contributed by atoms with E-state index in [1.54, 1.807) is 16.1 Å². The third kappa shape index (κ3) is 5.52. The molecule has 1 aromatic carbocycles. The average Bonchev–Trinajstić information content (AvgIpc) is 3.35. The molecule has 0 bridgehead atoms. The number of rotatable bonds is 9. The zero-order valence-corrected chi connectivity index (χ0v) is 18.8. The van der Waals surface area contributed by atoms with Gasteiger partial charge < -0.3 is 9.47 Å². The molecule has 1 fully saturated rings. The van der Waals surface area contributed by atoms with Gasteiger partial charge in [0.25, 0.3) is 0 Å². The minimum Gasteiger partial charge on any atom is -0.492 e. The van der Waals surface area contributed by atoms with Crippen molar-refractivity contribution in [2.75, 3.05) is 46.1 Å². The Morgan fingerprint density at radius 1 is 1.20 bits per heavy atom. The van der Waals surface area contributed by atoms with E-state index >= 15 is 0 Å². The average molecular weight is 417 g/mol. The summed E-state index contributed by atoms with van der Waals surface area (Å²) in [5.74, 6) is 0.873. The molecule has 1 saturated heterocycles. The second-order valence-electron chi connectivity index (χ2n) is 8.69. The van der Waals surface area contributed by atoms with E-state index in [4.69, 9.17) is 9.47 Å². The van der Waals surface area contributed by atoms with Crippen molar-refractivity contribution < 1.29 is 14.3 Å². The highest BCUT2D eigenvalue weighted by atomic mass is 16.5. The number of aliphatic imine (C=N–C) groups is 1. The fraction of sp³-hybridized carbons (Fsp3) is 0.652. The van der Waals surface area contributed by atoms with E-state index in [1.807, 2.05) is 38.1 Å². The van der Waals surface area contributed by atoms with Gasteiger partial charge in [0.1, 0.15) is 19.1 Å². The van der Waals surface area contributed by atoms with E-state index in [9.17, 15) is 4.79 Å². The van der Waals surface area contributed by atoms with Crippen LogP contribution in [-0.2, 0) is 4.74 Å². The van der Waals surface area contributed by atoms with E-state index in [2.05, 4.69) is 23.7 Å². The molecule has 0 aromatic heterocycles. The van der Waals surface area contributed by atoms with Gasteiger partial charge in [-0.05, 0) is 57.5 Å². The van der Waals surface area contributed by atoms with Crippen LogP contribution in [0.5, 0.6) is 5.75 Å². The molecule has 2 heterocycles. The quantitative estimate of drug-likeness (QED) is 0.615. The Morgan fingerprint density at radius 2 is 1.90 bits per heavy atom. The second-order valence-corrected chi connectivity index (χ2v) is 8.69. The van der Waals surface area contributed by atoms with Crippen molar-refractivity contribution in [3.63, 3.8) is 0 Å². The summed E-state index contributed by atoms with van der Waals surface area (Å²) in [5.41, 5.74) is 0.802. The van der Waals surface area contributed by atoms with Gasteiger partial charge in [0.2, 0.25) is 0 Å². The Kier molecular flexibility index (Phi) is 7.72. The molecule has 2 aliphatic rings. The summed E-state index contributed by atoms with van der Waals surface area (Å²) in [6.45, 7) is 13.8. The van der Waals surface area contributed by atoms with Crippen LogP contribution in [0.4, 0.5) is 4.79 Å². The van der Waals surface area contributed by atoms with Gasteiger partial charge in [-0.2, -0.15) is 0 Å². The smallest absolute Gasteiger partial charge is 0.327 e. The van der Waals surface area contributed by atoms with Gasteiger partial charge in [-0.3, -0.25) is 19.7 Å². The number of nitrogens with zero attached hydrogens (tertiary/aromatic N) is 4. The summed E-state index contributed by atoms with van der Waals surface area (Å²) < 4.78 is 11.4. The fourth-order valence-corrected chi connectivity index (χ4v) is 3.92. The standard InChI is InChI=1S/C23H36N4O3/c1-5-11-25(12-6-2)13-14-30-20-9-7-19(8-10-20)21-15-26(17-24-21)22(28)27-18-29-16-23(27,3)4/h7-10,17,21H,5-6,11-16,18H2,1-4H3. The summed E-state index contributed by atoms with van der Waals surface area (Å²) in [7, 11) is 0. The van der Waals surface area contributed by atoms with Crippen LogP contribution in [0.2, 0.25) is 0 Å². The zero-order valence-electron chi connectivity index (χ0n) is 18.8. The number of carbonyl (C=O) groups is 1. The fourth-order valence-electron chi connectivity index (χ4n) is 3.92. The predicted octanol–water partition coefficient (Wildman–Crippen LogP) is 3.76. The van der Waals surface area contributed by atoms with Crippen molar-refractivity contribution in [1.29, 1.82) is 0 Å². The number of ether oxygens (including phenoxy) is 2. The van der Waals surface area contributed by atoms with Crippen molar-refractivity contribution in [3.8, 4) is 5.75 Å². The molecule has 7 heteroatoms. The Bertz CT molecular complexity index is 714. The zero-order chi connectivity index (χ0) is 21.6. The first-order valence-electron chi connectivity index (χ1n) is 11.1. The Morgan fingerprint density at radius 3 is 2.50 bits per heavy atom. The van der Waals surface area contributed by atoms with Crippen molar-refractivity contribution in [2.24, 2.45) is 4.99 Å². The number of urea groups is 1. The third-order valence-electron chi connectivity index (χ3n) is 5.66. The van der Waals surface area contributed by atoms with Crippen LogP contribution >= 0.6 is 0 Å². The number of carbonyl (C=O) groups excluding carboxylic acids is 1. The first kappa shape index (κ1) is 22.6. The molecule has 1 unspecified atom stereocenters. The molecular weight excluding hydrogens is 380 g/mol. The van der Waals surface area contributed by atoms with Crippen LogP contribution in [-0.4, -0.2) is 78.7 Å². The predicted molar refractivity (Wildman–Crippen MR) is 119 cm³/mol. The number of hydrogen-bond acceptors (Lipinski definition) is 5. The van der Waals surface area contributed by atoms with Crippen LogP contribution in [0.25, 0.3) is 0 Å². The molecule has 0 spiro atoms. The van der Waals surface area contributed by atoms with Gasteiger partial charge in [-0.1, -0.05) is 26.0 Å². The van der Waals surface area contributed by atoms with E-state index < -0.39 is 0 Å². The molecule has 1 atom stereocenters. The molecule has 7 nitrogen and oxygen atoms in total. The molecular formula is C23H36N4O3. The van der Waals surface area contributed by atoms with Crippen LogP contribution in [0.1, 0.15) is 52.1 Å².